The highest BCUT2D eigenvalue weighted by Crippen LogP contribution is 2.24. The highest BCUT2D eigenvalue weighted by Gasteiger charge is 2.16. The number of pyridine rings is 1. The number of phenolic OH excluding ortho intramolecular Hbond substituents is 1. The Hall–Kier alpha value is -1.65. The number of nitrogens with one attached hydrogen (secondary N) is 1. The molecule has 1 aromatic carbocycles. The van der Waals surface area contributed by atoms with Crippen LogP contribution in [0.15, 0.2) is 30.3 Å². The van der Waals surface area contributed by atoms with Gasteiger partial charge in [0.25, 0.3) is 0 Å². The molecule has 2 N–H and O–H groups in total. The number of phenols is 1. The number of ether oxygens (including phenoxy) is 1. The van der Waals surface area contributed by atoms with Crippen molar-refractivity contribution in [2.75, 3.05) is 19.8 Å². The van der Waals surface area contributed by atoms with Crippen LogP contribution in [0.3, 0.4) is 0 Å². The number of fused-ring (bicyclic) bond motifs is 1. The molecule has 4 nitrogen and oxygen atoms in total. The highest BCUT2D eigenvalue weighted by atomic mass is 16.5. The number of hydrogen-bond donors (Lipinski definition) is 2. The minimum atomic E-state index is 0.108. The fourth-order valence-electron chi connectivity index (χ4n) is 2.24. The van der Waals surface area contributed by atoms with Crippen LogP contribution in [0.2, 0.25) is 0 Å². The molecule has 1 atom stereocenters. The van der Waals surface area contributed by atoms with Crippen LogP contribution >= 0.6 is 0 Å². The van der Waals surface area contributed by atoms with Gasteiger partial charge in [-0.15, -0.1) is 0 Å². The number of aromatic hydroxyl groups is 1. The number of para-hydroxylation sites is 1. The molecule has 0 spiro atoms. The van der Waals surface area contributed by atoms with Crippen LogP contribution in [-0.2, 0) is 4.74 Å². The molecule has 0 bridgehead atoms. The summed E-state index contributed by atoms with van der Waals surface area (Å²) >= 11 is 0. The van der Waals surface area contributed by atoms with Crippen molar-refractivity contribution in [2.45, 2.75) is 12.5 Å². The van der Waals surface area contributed by atoms with Gasteiger partial charge >= 0.3 is 0 Å². The number of aromatic nitrogens is 1. The maximum atomic E-state index is 9.84. The quantitative estimate of drug-likeness (QED) is 0.805. The van der Waals surface area contributed by atoms with E-state index >= 15 is 0 Å². The molecular weight excluding hydrogens is 228 g/mol. The van der Waals surface area contributed by atoms with E-state index in [1.165, 1.54) is 0 Å². The number of rotatable bonds is 1. The fourth-order valence-corrected chi connectivity index (χ4v) is 2.24. The molecule has 0 radical (unpaired) electrons. The first-order valence-corrected chi connectivity index (χ1v) is 6.24. The molecule has 1 saturated heterocycles. The van der Waals surface area contributed by atoms with E-state index in [0.717, 1.165) is 30.7 Å². The predicted molar refractivity (Wildman–Crippen MR) is 69.6 cm³/mol. The Labute approximate surface area is 106 Å². The van der Waals surface area contributed by atoms with E-state index in [1.54, 1.807) is 6.07 Å². The third-order valence-electron chi connectivity index (χ3n) is 3.22. The lowest BCUT2D eigenvalue weighted by atomic mass is 10.1. The Balaban J connectivity index is 1.99. The standard InChI is InChI=1S/C14H16N2O2/c17-13-4-1-3-10-5-6-11(16-14(10)13)12-9-18-8-2-7-15-12/h1,3-6,12,15,17H,2,7-9H2. The van der Waals surface area contributed by atoms with Gasteiger partial charge < -0.3 is 15.2 Å². The molecule has 1 fully saturated rings. The summed E-state index contributed by atoms with van der Waals surface area (Å²) in [6.45, 7) is 2.36. The lowest BCUT2D eigenvalue weighted by molar-refractivity contribution is 0.131. The molecule has 1 unspecified atom stereocenters. The Bertz CT molecular complexity index is 548. The average molecular weight is 244 g/mol. The van der Waals surface area contributed by atoms with Crippen molar-refractivity contribution >= 4 is 10.9 Å². The first-order valence-electron chi connectivity index (χ1n) is 6.24. The maximum Gasteiger partial charge on any atom is 0.141 e. The second-order valence-electron chi connectivity index (χ2n) is 4.52. The lowest BCUT2D eigenvalue weighted by Crippen LogP contribution is -2.24. The van der Waals surface area contributed by atoms with Gasteiger partial charge in [0.15, 0.2) is 0 Å². The molecule has 94 valence electrons. The van der Waals surface area contributed by atoms with Crippen molar-refractivity contribution in [3.63, 3.8) is 0 Å². The first kappa shape index (κ1) is 11.4. The SMILES string of the molecule is Oc1cccc2ccc(C3COCCCN3)nc12. The molecule has 2 heterocycles. The zero-order valence-electron chi connectivity index (χ0n) is 10.1. The molecule has 4 heteroatoms. The highest BCUT2D eigenvalue weighted by molar-refractivity contribution is 5.84. The van der Waals surface area contributed by atoms with E-state index in [0.29, 0.717) is 12.1 Å². The molecule has 1 aliphatic rings. The number of benzene rings is 1. The topological polar surface area (TPSA) is 54.4 Å². The smallest absolute Gasteiger partial charge is 0.141 e. The normalized spacial score (nSPS) is 20.8. The van der Waals surface area contributed by atoms with Gasteiger partial charge in [0.1, 0.15) is 11.3 Å². The molecule has 2 aromatic rings. The van der Waals surface area contributed by atoms with Gasteiger partial charge in [-0.05, 0) is 25.1 Å². The molecule has 1 aromatic heterocycles. The summed E-state index contributed by atoms with van der Waals surface area (Å²) in [4.78, 5) is 4.55. The Kier molecular flexibility index (Phi) is 3.13. The summed E-state index contributed by atoms with van der Waals surface area (Å²) in [5.74, 6) is 0.226. The van der Waals surface area contributed by atoms with Crippen molar-refractivity contribution in [3.8, 4) is 5.75 Å². The predicted octanol–water partition coefficient (Wildman–Crippen LogP) is 1.99. The van der Waals surface area contributed by atoms with Gasteiger partial charge in [-0.2, -0.15) is 0 Å². The van der Waals surface area contributed by atoms with Gasteiger partial charge in [0.05, 0.1) is 18.3 Å². The molecule has 0 amide bonds. The monoisotopic (exact) mass is 244 g/mol. The summed E-state index contributed by atoms with van der Waals surface area (Å²) in [7, 11) is 0. The van der Waals surface area contributed by atoms with Crippen LogP contribution < -0.4 is 5.32 Å². The van der Waals surface area contributed by atoms with Gasteiger partial charge in [0, 0.05) is 12.0 Å². The first-order chi connectivity index (χ1) is 8.84. The fraction of sp³-hybridized carbons (Fsp3) is 0.357. The van der Waals surface area contributed by atoms with Crippen LogP contribution in [0.25, 0.3) is 10.9 Å². The minimum Gasteiger partial charge on any atom is -0.506 e. The summed E-state index contributed by atoms with van der Waals surface area (Å²) in [6, 6.07) is 9.53. The summed E-state index contributed by atoms with van der Waals surface area (Å²) in [5.41, 5.74) is 1.58. The van der Waals surface area contributed by atoms with Crippen LogP contribution in [0.5, 0.6) is 5.75 Å². The third kappa shape index (κ3) is 2.17. The van der Waals surface area contributed by atoms with E-state index in [4.69, 9.17) is 4.74 Å². The van der Waals surface area contributed by atoms with Crippen LogP contribution in [0.1, 0.15) is 18.2 Å². The van der Waals surface area contributed by atoms with E-state index in [1.807, 2.05) is 24.3 Å². The summed E-state index contributed by atoms with van der Waals surface area (Å²) in [6.07, 6.45) is 1.02. The maximum absolute atomic E-state index is 9.84. The Morgan fingerprint density at radius 2 is 2.22 bits per heavy atom. The number of nitrogens with zero attached hydrogens (tertiary/aromatic N) is 1. The van der Waals surface area contributed by atoms with Crippen molar-refractivity contribution in [1.82, 2.24) is 10.3 Å². The van der Waals surface area contributed by atoms with Crippen molar-refractivity contribution < 1.29 is 9.84 Å². The van der Waals surface area contributed by atoms with Crippen LogP contribution in [-0.4, -0.2) is 29.8 Å². The van der Waals surface area contributed by atoms with E-state index < -0.39 is 0 Å². The minimum absolute atomic E-state index is 0.108. The zero-order valence-corrected chi connectivity index (χ0v) is 10.1. The van der Waals surface area contributed by atoms with Crippen molar-refractivity contribution in [1.29, 1.82) is 0 Å². The Morgan fingerprint density at radius 3 is 3.17 bits per heavy atom. The summed E-state index contributed by atoms with van der Waals surface area (Å²) in [5, 5.41) is 14.2. The zero-order chi connectivity index (χ0) is 12.4. The average Bonchev–Trinajstić information content (AvgIpc) is 2.68. The van der Waals surface area contributed by atoms with Crippen molar-refractivity contribution in [2.24, 2.45) is 0 Å². The van der Waals surface area contributed by atoms with Gasteiger partial charge in [-0.3, -0.25) is 0 Å². The molecule has 0 aliphatic carbocycles. The third-order valence-corrected chi connectivity index (χ3v) is 3.22. The second kappa shape index (κ2) is 4.92. The molecule has 3 rings (SSSR count). The second-order valence-corrected chi connectivity index (χ2v) is 4.52. The van der Waals surface area contributed by atoms with Crippen LogP contribution in [0.4, 0.5) is 0 Å². The van der Waals surface area contributed by atoms with E-state index in [9.17, 15) is 5.11 Å². The lowest BCUT2D eigenvalue weighted by Gasteiger charge is -2.15. The molecule has 0 saturated carbocycles. The van der Waals surface area contributed by atoms with Gasteiger partial charge in [-0.25, -0.2) is 4.98 Å². The Morgan fingerprint density at radius 1 is 1.28 bits per heavy atom. The molecule has 1 aliphatic heterocycles. The van der Waals surface area contributed by atoms with E-state index in [2.05, 4.69) is 10.3 Å². The molecule has 18 heavy (non-hydrogen) atoms. The van der Waals surface area contributed by atoms with Crippen LogP contribution in [0, 0.1) is 0 Å². The van der Waals surface area contributed by atoms with Gasteiger partial charge in [-0.1, -0.05) is 18.2 Å². The number of hydrogen-bond acceptors (Lipinski definition) is 4. The van der Waals surface area contributed by atoms with E-state index in [-0.39, 0.29) is 11.8 Å². The summed E-state index contributed by atoms with van der Waals surface area (Å²) < 4.78 is 5.54. The van der Waals surface area contributed by atoms with Crippen molar-refractivity contribution in [3.05, 3.63) is 36.0 Å². The largest absolute Gasteiger partial charge is 0.506 e. The van der Waals surface area contributed by atoms with Gasteiger partial charge in [0.2, 0.25) is 0 Å². The molecular formula is C14H16N2O2.